The van der Waals surface area contributed by atoms with Gasteiger partial charge in [-0.1, -0.05) is 25.5 Å². The zero-order chi connectivity index (χ0) is 12.4. The first kappa shape index (κ1) is 12.0. The highest BCUT2D eigenvalue weighted by atomic mass is 15.1. The van der Waals surface area contributed by atoms with Crippen molar-refractivity contribution in [2.24, 2.45) is 11.7 Å². The highest BCUT2D eigenvalue weighted by Crippen LogP contribution is 2.23. The van der Waals surface area contributed by atoms with E-state index in [2.05, 4.69) is 49.2 Å². The Hall–Kier alpha value is -1.48. The van der Waals surface area contributed by atoms with Crippen LogP contribution in [0.5, 0.6) is 0 Å². The summed E-state index contributed by atoms with van der Waals surface area (Å²) in [5.41, 5.74) is 9.00. The lowest BCUT2D eigenvalue weighted by molar-refractivity contribution is 0.492. The quantitative estimate of drug-likeness (QED) is 0.880. The van der Waals surface area contributed by atoms with Gasteiger partial charge in [0, 0.05) is 17.8 Å². The maximum atomic E-state index is 5.81. The Morgan fingerprint density at radius 1 is 1.18 bits per heavy atom. The standard InChI is InChI=1S/C14H19N3/c1-9(2)12(8-15)14-7-11-6-10(3)4-5-13(11)16-17-14/h4-7,9,12H,8,15H2,1-3H3. The van der Waals surface area contributed by atoms with Gasteiger partial charge < -0.3 is 5.73 Å². The van der Waals surface area contributed by atoms with Crippen LogP contribution in [0, 0.1) is 12.8 Å². The molecule has 3 nitrogen and oxygen atoms in total. The predicted molar refractivity (Wildman–Crippen MR) is 70.9 cm³/mol. The molecule has 0 aliphatic carbocycles. The van der Waals surface area contributed by atoms with E-state index in [9.17, 15) is 0 Å². The first-order valence-corrected chi connectivity index (χ1v) is 6.06. The fraction of sp³-hybridized carbons (Fsp3) is 0.429. The van der Waals surface area contributed by atoms with Crippen LogP contribution in [0.4, 0.5) is 0 Å². The predicted octanol–water partition coefficient (Wildman–Crippen LogP) is 2.64. The van der Waals surface area contributed by atoms with E-state index in [4.69, 9.17) is 5.73 Å². The summed E-state index contributed by atoms with van der Waals surface area (Å²) in [6.07, 6.45) is 0. The van der Waals surface area contributed by atoms with E-state index < -0.39 is 0 Å². The summed E-state index contributed by atoms with van der Waals surface area (Å²) in [5.74, 6) is 0.768. The molecule has 1 atom stereocenters. The summed E-state index contributed by atoms with van der Waals surface area (Å²) in [7, 11) is 0. The van der Waals surface area contributed by atoms with E-state index >= 15 is 0 Å². The molecule has 17 heavy (non-hydrogen) atoms. The molecule has 1 aromatic heterocycles. The van der Waals surface area contributed by atoms with E-state index in [0.717, 1.165) is 16.6 Å². The Morgan fingerprint density at radius 2 is 1.94 bits per heavy atom. The van der Waals surface area contributed by atoms with Crippen LogP contribution >= 0.6 is 0 Å². The smallest absolute Gasteiger partial charge is 0.0930 e. The minimum atomic E-state index is 0.285. The molecule has 0 radical (unpaired) electrons. The van der Waals surface area contributed by atoms with Crippen molar-refractivity contribution in [2.45, 2.75) is 26.7 Å². The van der Waals surface area contributed by atoms with Crippen molar-refractivity contribution in [3.05, 3.63) is 35.5 Å². The lowest BCUT2D eigenvalue weighted by Crippen LogP contribution is -2.19. The third-order valence-electron chi connectivity index (χ3n) is 3.20. The topological polar surface area (TPSA) is 51.8 Å². The van der Waals surface area contributed by atoms with Crippen molar-refractivity contribution in [3.8, 4) is 0 Å². The van der Waals surface area contributed by atoms with Gasteiger partial charge in [-0.25, -0.2) is 0 Å². The average molecular weight is 229 g/mol. The molecule has 1 unspecified atom stereocenters. The van der Waals surface area contributed by atoms with Gasteiger partial charge >= 0.3 is 0 Å². The largest absolute Gasteiger partial charge is 0.330 e. The van der Waals surface area contributed by atoms with Crippen LogP contribution in [0.2, 0.25) is 0 Å². The molecular weight excluding hydrogens is 210 g/mol. The summed E-state index contributed by atoms with van der Waals surface area (Å²) in [4.78, 5) is 0. The lowest BCUT2D eigenvalue weighted by Gasteiger charge is -2.17. The van der Waals surface area contributed by atoms with Gasteiger partial charge in [0.2, 0.25) is 0 Å². The van der Waals surface area contributed by atoms with Crippen LogP contribution < -0.4 is 5.73 Å². The second-order valence-corrected chi connectivity index (χ2v) is 4.92. The summed E-state index contributed by atoms with van der Waals surface area (Å²) in [6.45, 7) is 7.03. The van der Waals surface area contributed by atoms with E-state index in [-0.39, 0.29) is 5.92 Å². The summed E-state index contributed by atoms with van der Waals surface area (Å²) < 4.78 is 0. The fourth-order valence-corrected chi connectivity index (χ4v) is 2.10. The maximum absolute atomic E-state index is 5.81. The van der Waals surface area contributed by atoms with Crippen LogP contribution in [-0.2, 0) is 0 Å². The zero-order valence-electron chi connectivity index (χ0n) is 10.6. The van der Waals surface area contributed by atoms with Gasteiger partial charge in [0.05, 0.1) is 11.2 Å². The van der Waals surface area contributed by atoms with Gasteiger partial charge in [0.1, 0.15) is 0 Å². The molecule has 0 aliphatic rings. The molecule has 2 aromatic rings. The van der Waals surface area contributed by atoms with Crippen molar-refractivity contribution in [3.63, 3.8) is 0 Å². The molecule has 0 bridgehead atoms. The Bertz CT molecular complexity index is 520. The minimum absolute atomic E-state index is 0.285. The Morgan fingerprint density at radius 3 is 2.59 bits per heavy atom. The first-order chi connectivity index (χ1) is 8.11. The molecule has 3 heteroatoms. The second kappa shape index (κ2) is 4.80. The summed E-state index contributed by atoms with van der Waals surface area (Å²) >= 11 is 0. The van der Waals surface area contributed by atoms with Crippen molar-refractivity contribution >= 4 is 10.9 Å². The number of nitrogens with two attached hydrogens (primary N) is 1. The molecule has 0 fully saturated rings. The Balaban J connectivity index is 2.49. The van der Waals surface area contributed by atoms with E-state index in [1.54, 1.807) is 0 Å². The molecule has 90 valence electrons. The van der Waals surface area contributed by atoms with E-state index in [1.807, 2.05) is 6.07 Å². The van der Waals surface area contributed by atoms with Gasteiger partial charge in [-0.15, -0.1) is 0 Å². The Kier molecular flexibility index (Phi) is 3.38. The number of nitrogens with zero attached hydrogens (tertiary/aromatic N) is 2. The summed E-state index contributed by atoms with van der Waals surface area (Å²) in [5, 5.41) is 9.71. The number of rotatable bonds is 3. The first-order valence-electron chi connectivity index (χ1n) is 6.06. The van der Waals surface area contributed by atoms with Gasteiger partial charge in [0.15, 0.2) is 0 Å². The molecule has 2 N–H and O–H groups in total. The van der Waals surface area contributed by atoms with Gasteiger partial charge in [0.25, 0.3) is 0 Å². The SMILES string of the molecule is Cc1ccc2nnc(C(CN)C(C)C)cc2c1. The van der Waals surface area contributed by atoms with Crippen molar-refractivity contribution in [1.82, 2.24) is 10.2 Å². The second-order valence-electron chi connectivity index (χ2n) is 4.92. The number of aromatic nitrogens is 2. The number of hydrogen-bond donors (Lipinski definition) is 1. The highest BCUT2D eigenvalue weighted by Gasteiger charge is 2.16. The molecule has 0 saturated heterocycles. The molecule has 2 rings (SSSR count). The normalized spacial score (nSPS) is 13.2. The van der Waals surface area contributed by atoms with Crippen LogP contribution in [0.3, 0.4) is 0 Å². The summed E-state index contributed by atoms with van der Waals surface area (Å²) in [6, 6.07) is 8.32. The molecule has 0 amide bonds. The monoisotopic (exact) mass is 229 g/mol. The lowest BCUT2D eigenvalue weighted by atomic mass is 9.92. The van der Waals surface area contributed by atoms with Crippen molar-refractivity contribution < 1.29 is 0 Å². The van der Waals surface area contributed by atoms with Crippen LogP contribution in [0.25, 0.3) is 10.9 Å². The Labute approximate surface area is 102 Å². The molecule has 0 aliphatic heterocycles. The van der Waals surface area contributed by atoms with E-state index in [0.29, 0.717) is 12.5 Å². The van der Waals surface area contributed by atoms with Crippen LogP contribution in [0.1, 0.15) is 31.0 Å². The van der Waals surface area contributed by atoms with Crippen molar-refractivity contribution in [1.29, 1.82) is 0 Å². The number of aryl methyl sites for hydroxylation is 1. The third kappa shape index (κ3) is 2.44. The number of fused-ring (bicyclic) bond motifs is 1. The fourth-order valence-electron chi connectivity index (χ4n) is 2.10. The minimum Gasteiger partial charge on any atom is -0.330 e. The zero-order valence-corrected chi connectivity index (χ0v) is 10.6. The number of hydrogen-bond acceptors (Lipinski definition) is 3. The molecule has 1 aromatic carbocycles. The van der Waals surface area contributed by atoms with Gasteiger partial charge in [-0.2, -0.15) is 10.2 Å². The molecular formula is C14H19N3. The van der Waals surface area contributed by atoms with Gasteiger partial charge in [-0.05, 0) is 31.0 Å². The van der Waals surface area contributed by atoms with E-state index in [1.165, 1.54) is 5.56 Å². The maximum Gasteiger partial charge on any atom is 0.0930 e. The number of benzene rings is 1. The van der Waals surface area contributed by atoms with Gasteiger partial charge in [-0.3, -0.25) is 0 Å². The molecule has 1 heterocycles. The van der Waals surface area contributed by atoms with Crippen molar-refractivity contribution in [2.75, 3.05) is 6.54 Å². The molecule has 0 saturated carbocycles. The van der Waals surface area contributed by atoms with Crippen LogP contribution in [-0.4, -0.2) is 16.7 Å². The average Bonchev–Trinajstić information content (AvgIpc) is 2.29. The third-order valence-corrected chi connectivity index (χ3v) is 3.20. The highest BCUT2D eigenvalue weighted by molar-refractivity contribution is 5.79. The van der Waals surface area contributed by atoms with Crippen LogP contribution in [0.15, 0.2) is 24.3 Å². The molecule has 0 spiro atoms.